The zero-order valence-corrected chi connectivity index (χ0v) is 19.6. The molecule has 2 aromatic rings. The molecule has 0 bridgehead atoms. The number of nitrogens with two attached hydrogens (primary N) is 1. The number of nitrogens with one attached hydrogen (secondary N) is 1. The Bertz CT molecular complexity index is 1100. The molecule has 2 aromatic carbocycles. The minimum absolute atomic E-state index is 0.163. The topological polar surface area (TPSA) is 87.8 Å². The Kier molecular flexibility index (Phi) is 6.98. The van der Waals surface area contributed by atoms with E-state index in [1.54, 1.807) is 7.11 Å². The molecule has 0 radical (unpaired) electrons. The molecule has 1 unspecified atom stereocenters. The normalized spacial score (nSPS) is 21.0. The Morgan fingerprint density at radius 3 is 2.91 bits per heavy atom. The van der Waals surface area contributed by atoms with Gasteiger partial charge >= 0.3 is 0 Å². The summed E-state index contributed by atoms with van der Waals surface area (Å²) in [5.41, 5.74) is 7.61. The predicted molar refractivity (Wildman–Crippen MR) is 130 cm³/mol. The number of carbonyl (C=O) groups is 1. The number of amides is 1. The number of hydrogen-bond donors (Lipinski definition) is 3. The van der Waals surface area contributed by atoms with Crippen LogP contribution in [0.15, 0.2) is 71.0 Å². The monoisotopic (exact) mass is 497 g/mol. The summed E-state index contributed by atoms with van der Waals surface area (Å²) in [4.78, 5) is 14.6. The van der Waals surface area contributed by atoms with Crippen LogP contribution in [0.1, 0.15) is 18.4 Å². The molecule has 1 amide bonds. The molecule has 1 aliphatic carbocycles. The van der Waals surface area contributed by atoms with Gasteiger partial charge in [-0.2, -0.15) is 0 Å². The van der Waals surface area contributed by atoms with Crippen LogP contribution in [0.4, 0.5) is 0 Å². The zero-order valence-electron chi connectivity index (χ0n) is 18.0. The van der Waals surface area contributed by atoms with Crippen LogP contribution in [0, 0.1) is 5.92 Å². The second-order valence-corrected chi connectivity index (χ2v) is 9.10. The predicted octanol–water partition coefficient (Wildman–Crippen LogP) is 3.59. The van der Waals surface area contributed by atoms with Gasteiger partial charge in [-0.3, -0.25) is 4.79 Å². The lowest BCUT2D eigenvalue weighted by Gasteiger charge is -2.34. The highest BCUT2D eigenvalue weighted by molar-refractivity contribution is 9.10. The molecule has 3 atom stereocenters. The molecule has 168 valence electrons. The number of halogens is 1. The summed E-state index contributed by atoms with van der Waals surface area (Å²) >= 11 is 3.56. The van der Waals surface area contributed by atoms with E-state index in [1.807, 2.05) is 18.3 Å². The van der Waals surface area contributed by atoms with Crippen LogP contribution in [-0.4, -0.2) is 41.7 Å². The van der Waals surface area contributed by atoms with E-state index >= 15 is 0 Å². The van der Waals surface area contributed by atoms with Crippen molar-refractivity contribution in [1.29, 1.82) is 0 Å². The molecule has 4 N–H and O–H groups in total. The third kappa shape index (κ3) is 4.75. The van der Waals surface area contributed by atoms with Gasteiger partial charge in [-0.25, -0.2) is 0 Å². The number of nitrogens with zero attached hydrogens (tertiary/aromatic N) is 1. The van der Waals surface area contributed by atoms with Crippen LogP contribution < -0.4 is 15.8 Å². The fraction of sp³-hybridized carbons (Fsp3) is 0.320. The number of aliphatic hydroxyl groups is 1. The lowest BCUT2D eigenvalue weighted by Crippen LogP contribution is -2.42. The highest BCUT2D eigenvalue weighted by Gasteiger charge is 2.29. The Balaban J connectivity index is 1.73. The largest absolute Gasteiger partial charge is 0.496 e. The number of aliphatic hydroxyl groups excluding tert-OH is 1. The van der Waals surface area contributed by atoms with Gasteiger partial charge < -0.3 is 25.8 Å². The van der Waals surface area contributed by atoms with Crippen molar-refractivity contribution < 1.29 is 14.6 Å². The van der Waals surface area contributed by atoms with E-state index in [1.165, 1.54) is 0 Å². The SMILES string of the molecule is COc1ccc2cc(Br)ccc2c1CN1C=C(NC(=O)[C@@H](N)CO)CCC2C=CC=C[C@@H]21. The maximum atomic E-state index is 12.3. The van der Waals surface area contributed by atoms with E-state index in [4.69, 9.17) is 10.5 Å². The molecular weight excluding hydrogens is 470 g/mol. The molecule has 1 aliphatic heterocycles. The van der Waals surface area contributed by atoms with Crippen LogP contribution in [0.2, 0.25) is 0 Å². The van der Waals surface area contributed by atoms with Gasteiger partial charge in [-0.05, 0) is 41.8 Å². The molecule has 0 saturated heterocycles. The number of carbonyl (C=O) groups excluding carboxylic acids is 1. The van der Waals surface area contributed by atoms with Crippen LogP contribution >= 0.6 is 15.9 Å². The Hall–Kier alpha value is -2.61. The van der Waals surface area contributed by atoms with Gasteiger partial charge in [0.1, 0.15) is 11.8 Å². The third-order valence-corrected chi connectivity index (χ3v) is 6.59. The van der Waals surface area contributed by atoms with Gasteiger partial charge in [0.05, 0.1) is 19.8 Å². The summed E-state index contributed by atoms with van der Waals surface area (Å²) in [6, 6.07) is 9.54. The first-order valence-corrected chi connectivity index (χ1v) is 11.5. The van der Waals surface area contributed by atoms with Crippen molar-refractivity contribution in [2.24, 2.45) is 11.7 Å². The van der Waals surface area contributed by atoms with E-state index in [9.17, 15) is 9.90 Å². The van der Waals surface area contributed by atoms with E-state index < -0.39 is 6.04 Å². The van der Waals surface area contributed by atoms with Gasteiger partial charge in [0.15, 0.2) is 0 Å². The quantitative estimate of drug-likeness (QED) is 0.567. The second-order valence-electron chi connectivity index (χ2n) is 8.18. The van der Waals surface area contributed by atoms with Crippen molar-refractivity contribution in [2.75, 3.05) is 13.7 Å². The van der Waals surface area contributed by atoms with Gasteiger partial charge in [0, 0.05) is 34.4 Å². The molecule has 2 aliphatic rings. The molecule has 1 heterocycles. The standard InChI is InChI=1S/C25H28BrN3O3/c1-32-24-11-7-17-12-18(26)8-10-20(17)21(24)14-29-13-19(28-25(31)22(27)15-30)9-6-16-4-2-3-5-23(16)29/h2-5,7-8,10-13,16,22-23,30H,6,9,14-15,27H2,1H3,(H,28,31)/t16?,22-,23-/m0/s1. The molecule has 7 heteroatoms. The lowest BCUT2D eigenvalue weighted by molar-refractivity contribution is -0.122. The van der Waals surface area contributed by atoms with Crippen LogP contribution in [0.5, 0.6) is 5.75 Å². The van der Waals surface area contributed by atoms with Gasteiger partial charge in [0.25, 0.3) is 0 Å². The average Bonchev–Trinajstić information content (AvgIpc) is 2.98. The molecule has 0 fully saturated rings. The fourth-order valence-corrected chi connectivity index (χ4v) is 4.78. The molecule has 4 rings (SSSR count). The smallest absolute Gasteiger partial charge is 0.243 e. The van der Waals surface area contributed by atoms with E-state index in [0.29, 0.717) is 12.5 Å². The van der Waals surface area contributed by atoms with E-state index in [-0.39, 0.29) is 18.6 Å². The Labute approximate surface area is 196 Å². The highest BCUT2D eigenvalue weighted by Crippen LogP contribution is 2.35. The lowest BCUT2D eigenvalue weighted by atomic mass is 9.90. The number of benzene rings is 2. The summed E-state index contributed by atoms with van der Waals surface area (Å²) in [6.07, 6.45) is 12.2. The van der Waals surface area contributed by atoms with Crippen molar-refractivity contribution >= 4 is 32.6 Å². The number of rotatable bonds is 6. The van der Waals surface area contributed by atoms with Gasteiger partial charge in [-0.15, -0.1) is 0 Å². The molecule has 32 heavy (non-hydrogen) atoms. The number of hydrogen-bond acceptors (Lipinski definition) is 5. The Morgan fingerprint density at radius 1 is 1.31 bits per heavy atom. The second kappa shape index (κ2) is 9.90. The molecule has 0 aromatic heterocycles. The minimum Gasteiger partial charge on any atom is -0.496 e. The van der Waals surface area contributed by atoms with Crippen molar-refractivity contribution in [2.45, 2.75) is 31.5 Å². The zero-order chi connectivity index (χ0) is 22.7. The molecular formula is C25H28BrN3O3. The summed E-state index contributed by atoms with van der Waals surface area (Å²) in [5, 5.41) is 14.4. The van der Waals surface area contributed by atoms with Crippen molar-refractivity contribution in [3.05, 3.63) is 76.6 Å². The number of fused-ring (bicyclic) bond motifs is 2. The highest BCUT2D eigenvalue weighted by atomic mass is 79.9. The first-order chi connectivity index (χ1) is 15.5. The molecule has 0 saturated carbocycles. The number of allylic oxidation sites excluding steroid dienone is 3. The van der Waals surface area contributed by atoms with Crippen molar-refractivity contribution in [3.8, 4) is 5.75 Å². The van der Waals surface area contributed by atoms with Crippen LogP contribution in [0.25, 0.3) is 10.8 Å². The summed E-state index contributed by atoms with van der Waals surface area (Å²) < 4.78 is 6.75. The summed E-state index contributed by atoms with van der Waals surface area (Å²) in [7, 11) is 1.69. The fourth-order valence-electron chi connectivity index (χ4n) is 4.40. The summed E-state index contributed by atoms with van der Waals surface area (Å²) in [5.74, 6) is 0.784. The number of methoxy groups -OCH3 is 1. The Morgan fingerprint density at radius 2 is 2.12 bits per heavy atom. The third-order valence-electron chi connectivity index (χ3n) is 6.10. The van der Waals surface area contributed by atoms with Gasteiger partial charge in [-0.1, -0.05) is 52.4 Å². The molecule has 6 nitrogen and oxygen atoms in total. The summed E-state index contributed by atoms with van der Waals surface area (Å²) in [6.45, 7) is 0.231. The van der Waals surface area contributed by atoms with Crippen molar-refractivity contribution in [1.82, 2.24) is 10.2 Å². The maximum absolute atomic E-state index is 12.3. The average molecular weight is 498 g/mol. The van der Waals surface area contributed by atoms with E-state index in [2.05, 4.69) is 68.6 Å². The van der Waals surface area contributed by atoms with Crippen molar-refractivity contribution in [3.63, 3.8) is 0 Å². The van der Waals surface area contributed by atoms with Crippen LogP contribution in [0.3, 0.4) is 0 Å². The van der Waals surface area contributed by atoms with E-state index in [0.717, 1.165) is 45.1 Å². The van der Waals surface area contributed by atoms with Crippen LogP contribution in [-0.2, 0) is 11.3 Å². The van der Waals surface area contributed by atoms with Gasteiger partial charge in [0.2, 0.25) is 5.91 Å². The number of ether oxygens (including phenoxy) is 1. The first-order valence-electron chi connectivity index (χ1n) is 10.7. The minimum atomic E-state index is -0.939. The first kappa shape index (κ1) is 22.6. The maximum Gasteiger partial charge on any atom is 0.243 e. The molecule has 0 spiro atoms.